The smallest absolute Gasteiger partial charge is 0.209 e. The predicted molar refractivity (Wildman–Crippen MR) is 114 cm³/mol. The minimum Gasteiger partial charge on any atom is -0.354 e. The van der Waals surface area contributed by atoms with Crippen LogP contribution >= 0.6 is 0 Å². The van der Waals surface area contributed by atoms with E-state index in [4.69, 9.17) is 5.41 Å². The van der Waals surface area contributed by atoms with E-state index in [1.54, 1.807) is 36.7 Å². The van der Waals surface area contributed by atoms with Crippen LogP contribution in [0.15, 0.2) is 90.1 Å². The van der Waals surface area contributed by atoms with E-state index in [0.717, 1.165) is 11.9 Å². The van der Waals surface area contributed by atoms with Gasteiger partial charge in [-0.3, -0.25) is 4.79 Å². The lowest BCUT2D eigenvalue weighted by Crippen LogP contribution is -2.19. The van der Waals surface area contributed by atoms with Gasteiger partial charge in [0.15, 0.2) is 11.5 Å². The molecule has 0 aliphatic heterocycles. The van der Waals surface area contributed by atoms with Crippen molar-refractivity contribution in [3.05, 3.63) is 107 Å². The summed E-state index contributed by atoms with van der Waals surface area (Å²) >= 11 is 0. The van der Waals surface area contributed by atoms with Crippen LogP contribution in [0.4, 0.5) is 10.1 Å². The highest BCUT2D eigenvalue weighted by Crippen LogP contribution is 2.20. The molecule has 2 aromatic heterocycles. The number of halogens is 1. The van der Waals surface area contributed by atoms with Crippen LogP contribution in [-0.4, -0.2) is 25.8 Å². The summed E-state index contributed by atoms with van der Waals surface area (Å²) in [6.45, 7) is 0. The summed E-state index contributed by atoms with van der Waals surface area (Å²) in [5, 5.41) is 18.9. The first-order valence-electron chi connectivity index (χ1n) is 9.09. The molecule has 0 radical (unpaired) electrons. The molecule has 0 aliphatic rings. The topological polar surface area (TPSA) is 88.6 Å². The van der Waals surface area contributed by atoms with Crippen LogP contribution in [0.2, 0.25) is 0 Å². The van der Waals surface area contributed by atoms with Gasteiger partial charge in [-0.25, -0.2) is 13.8 Å². The molecule has 2 N–H and O–H groups in total. The highest BCUT2D eigenvalue weighted by molar-refractivity contribution is 5.86. The third kappa shape index (κ3) is 3.79. The Hall–Kier alpha value is -4.33. The zero-order valence-corrected chi connectivity index (χ0v) is 15.7. The highest BCUT2D eigenvalue weighted by Gasteiger charge is 2.15. The van der Waals surface area contributed by atoms with Gasteiger partial charge < -0.3 is 10.7 Å². The molecule has 4 aromatic rings. The summed E-state index contributed by atoms with van der Waals surface area (Å²) in [5.74, 6) is -0.531. The average Bonchev–Trinajstić information content (AvgIpc) is 3.30. The lowest BCUT2D eigenvalue weighted by atomic mass is 10.2. The van der Waals surface area contributed by atoms with Gasteiger partial charge in [-0.15, -0.1) is 0 Å². The monoisotopic (exact) mass is 400 g/mol. The number of allylic oxidation sites excluding steroid dienone is 1. The van der Waals surface area contributed by atoms with Crippen molar-refractivity contribution < 1.29 is 4.39 Å². The Balaban J connectivity index is 1.79. The van der Waals surface area contributed by atoms with Gasteiger partial charge in [-0.2, -0.15) is 10.2 Å². The maximum Gasteiger partial charge on any atom is 0.209 e. The maximum absolute atomic E-state index is 15.2. The van der Waals surface area contributed by atoms with Crippen molar-refractivity contribution in [3.63, 3.8) is 0 Å². The maximum atomic E-state index is 15.2. The molecular weight excluding hydrogens is 383 g/mol. The van der Waals surface area contributed by atoms with Gasteiger partial charge in [0.2, 0.25) is 5.43 Å². The molecule has 0 unspecified atom stereocenters. The van der Waals surface area contributed by atoms with E-state index < -0.39 is 5.82 Å². The number of benzene rings is 2. The normalized spacial score (nSPS) is 11.3. The van der Waals surface area contributed by atoms with Crippen molar-refractivity contribution >= 4 is 17.6 Å². The second-order valence-electron chi connectivity index (χ2n) is 6.27. The molecule has 4 rings (SSSR count). The molecule has 2 aromatic carbocycles. The van der Waals surface area contributed by atoms with Gasteiger partial charge >= 0.3 is 0 Å². The van der Waals surface area contributed by atoms with Crippen LogP contribution in [0.25, 0.3) is 17.1 Å². The van der Waals surface area contributed by atoms with Crippen molar-refractivity contribution in [3.8, 4) is 11.4 Å². The van der Waals surface area contributed by atoms with Crippen molar-refractivity contribution in [1.82, 2.24) is 19.6 Å². The largest absolute Gasteiger partial charge is 0.354 e. The predicted octanol–water partition coefficient (Wildman–Crippen LogP) is 3.66. The van der Waals surface area contributed by atoms with Crippen molar-refractivity contribution in [1.29, 1.82) is 5.41 Å². The summed E-state index contributed by atoms with van der Waals surface area (Å²) in [4.78, 5) is 12.5. The second-order valence-corrected chi connectivity index (χ2v) is 6.27. The lowest BCUT2D eigenvalue weighted by molar-refractivity contribution is 0.593. The molecule has 0 fully saturated rings. The molecule has 0 aliphatic carbocycles. The van der Waals surface area contributed by atoms with Crippen LogP contribution in [0.3, 0.4) is 0 Å². The van der Waals surface area contributed by atoms with E-state index in [9.17, 15) is 4.79 Å². The number of nitrogens with one attached hydrogen (secondary N) is 2. The Morgan fingerprint density at radius 1 is 0.967 bits per heavy atom. The summed E-state index contributed by atoms with van der Waals surface area (Å²) in [6, 6.07) is 17.1. The fourth-order valence-electron chi connectivity index (χ4n) is 2.94. The van der Waals surface area contributed by atoms with Crippen LogP contribution in [-0.2, 0) is 0 Å². The minimum absolute atomic E-state index is 0.0637. The number of nitrogens with zero attached hydrogens (tertiary/aromatic N) is 4. The third-order valence-corrected chi connectivity index (χ3v) is 4.32. The van der Waals surface area contributed by atoms with Crippen LogP contribution in [0.1, 0.15) is 5.69 Å². The van der Waals surface area contributed by atoms with Gasteiger partial charge in [0, 0.05) is 36.6 Å². The standard InChI is InChI=1S/C22H17FN6O/c23-21-18(28-14-5-13-25-28)8-4-9-19(21)29-15-11-20(30)22(27-29)17(10-12-24)26-16-6-2-1-3-7-16/h1-15,24,26H/b17-10-,24-12?. The molecule has 0 bridgehead atoms. The van der Waals surface area contributed by atoms with Crippen LogP contribution in [0.5, 0.6) is 0 Å². The van der Waals surface area contributed by atoms with E-state index in [1.165, 1.54) is 27.7 Å². The fourth-order valence-corrected chi connectivity index (χ4v) is 2.94. The van der Waals surface area contributed by atoms with Crippen molar-refractivity contribution in [2.75, 3.05) is 5.32 Å². The summed E-state index contributed by atoms with van der Waals surface area (Å²) in [7, 11) is 0. The zero-order chi connectivity index (χ0) is 20.9. The number of anilines is 1. The zero-order valence-electron chi connectivity index (χ0n) is 15.7. The second kappa shape index (κ2) is 8.36. The number of hydrogen-bond acceptors (Lipinski definition) is 5. The third-order valence-electron chi connectivity index (χ3n) is 4.32. The Morgan fingerprint density at radius 2 is 1.73 bits per heavy atom. The van der Waals surface area contributed by atoms with Gasteiger partial charge in [0.05, 0.1) is 5.70 Å². The Kier molecular flexibility index (Phi) is 5.29. The van der Waals surface area contributed by atoms with Gasteiger partial charge in [0.1, 0.15) is 11.4 Å². The summed E-state index contributed by atoms with van der Waals surface area (Å²) in [6.07, 6.45) is 7.09. The van der Waals surface area contributed by atoms with E-state index >= 15 is 4.39 Å². The molecule has 0 saturated heterocycles. The molecule has 0 amide bonds. The molecule has 8 heteroatoms. The fraction of sp³-hybridized carbons (Fsp3) is 0. The SMILES string of the molecule is N=C/C=C(\Nc1ccccc1)c1nn(-c2cccc(-n3cccn3)c2F)ccc1=O. The van der Waals surface area contributed by atoms with Gasteiger partial charge in [0.25, 0.3) is 0 Å². The quantitative estimate of drug-likeness (QED) is 0.484. The summed E-state index contributed by atoms with van der Waals surface area (Å²) in [5.41, 5.74) is 1.20. The highest BCUT2D eigenvalue weighted by atomic mass is 19.1. The molecule has 0 atom stereocenters. The molecule has 0 saturated carbocycles. The minimum atomic E-state index is -0.531. The Morgan fingerprint density at radius 3 is 2.43 bits per heavy atom. The molecule has 30 heavy (non-hydrogen) atoms. The Labute approximate surface area is 171 Å². The molecule has 7 nitrogen and oxygen atoms in total. The first-order chi connectivity index (χ1) is 14.7. The van der Waals surface area contributed by atoms with Crippen molar-refractivity contribution in [2.45, 2.75) is 0 Å². The first kappa shape index (κ1) is 19.0. The van der Waals surface area contributed by atoms with Gasteiger partial charge in [-0.1, -0.05) is 24.3 Å². The van der Waals surface area contributed by atoms with E-state index in [0.29, 0.717) is 5.70 Å². The molecular formula is C22H17FN6O. The molecule has 0 spiro atoms. The van der Waals surface area contributed by atoms with E-state index in [1.807, 2.05) is 30.3 Å². The molecule has 2 heterocycles. The number of aromatic nitrogens is 4. The first-order valence-corrected chi connectivity index (χ1v) is 9.09. The number of rotatable bonds is 6. The van der Waals surface area contributed by atoms with E-state index in [2.05, 4.69) is 15.5 Å². The van der Waals surface area contributed by atoms with Gasteiger partial charge in [-0.05, 0) is 36.4 Å². The van der Waals surface area contributed by atoms with Crippen LogP contribution in [0, 0.1) is 11.2 Å². The summed E-state index contributed by atoms with van der Waals surface area (Å²) < 4.78 is 17.9. The number of hydrogen-bond donors (Lipinski definition) is 2. The number of para-hydroxylation sites is 1. The average molecular weight is 400 g/mol. The van der Waals surface area contributed by atoms with Crippen molar-refractivity contribution in [2.24, 2.45) is 0 Å². The van der Waals surface area contributed by atoms with E-state index in [-0.39, 0.29) is 22.5 Å². The Bertz CT molecular complexity index is 1260. The lowest BCUT2D eigenvalue weighted by Gasteiger charge is -2.13. The van der Waals surface area contributed by atoms with Crippen LogP contribution < -0.4 is 10.7 Å². The molecule has 148 valence electrons.